The van der Waals surface area contributed by atoms with E-state index in [9.17, 15) is 4.79 Å². The van der Waals surface area contributed by atoms with Crippen molar-refractivity contribution < 1.29 is 9.53 Å². The van der Waals surface area contributed by atoms with Crippen molar-refractivity contribution in [1.29, 1.82) is 0 Å². The number of carbonyl (C=O) groups excluding carboxylic acids is 1. The third-order valence-electron chi connectivity index (χ3n) is 2.18. The van der Waals surface area contributed by atoms with Gasteiger partial charge in [-0.15, -0.1) is 0 Å². The van der Waals surface area contributed by atoms with Gasteiger partial charge in [0.05, 0.1) is 23.8 Å². The highest BCUT2D eigenvalue weighted by Crippen LogP contribution is 2.17. The number of hydrogen-bond donors (Lipinski definition) is 1. The molecule has 1 N–H and O–H groups in total. The van der Waals surface area contributed by atoms with E-state index in [1.54, 1.807) is 24.5 Å². The minimum absolute atomic E-state index is 0.287. The van der Waals surface area contributed by atoms with Crippen LogP contribution < -0.4 is 10.1 Å². The van der Waals surface area contributed by atoms with E-state index in [1.165, 1.54) is 6.92 Å². The molecule has 2 heterocycles. The van der Waals surface area contributed by atoms with E-state index in [1.807, 2.05) is 19.1 Å². The van der Waals surface area contributed by atoms with E-state index >= 15 is 0 Å². The molecule has 5 nitrogen and oxygen atoms in total. The van der Waals surface area contributed by atoms with Crippen molar-refractivity contribution in [2.75, 3.05) is 5.32 Å². The fourth-order valence-electron chi connectivity index (χ4n) is 1.37. The normalized spacial score (nSPS) is 9.89. The highest BCUT2D eigenvalue weighted by atomic mass is 16.5. The van der Waals surface area contributed by atoms with Crippen LogP contribution in [-0.2, 0) is 4.79 Å². The molecule has 0 saturated heterocycles. The molecular weight excluding hydrogens is 230 g/mol. The molecule has 0 atom stereocenters. The number of nitrogens with zero attached hydrogens (tertiary/aromatic N) is 2. The lowest BCUT2D eigenvalue weighted by molar-refractivity contribution is -0.132. The maximum atomic E-state index is 10.7. The molecular formula is C13H13N3O2. The predicted molar refractivity (Wildman–Crippen MR) is 67.8 cm³/mol. The number of esters is 1. The number of aromatic nitrogens is 2. The summed E-state index contributed by atoms with van der Waals surface area (Å²) in [6, 6.07) is 7.27. The highest BCUT2D eigenvalue weighted by Gasteiger charge is 2.00. The van der Waals surface area contributed by atoms with Crippen molar-refractivity contribution in [3.63, 3.8) is 0 Å². The number of aryl methyl sites for hydroxylation is 1. The first-order valence-electron chi connectivity index (χ1n) is 5.47. The molecule has 0 amide bonds. The van der Waals surface area contributed by atoms with Gasteiger partial charge in [-0.2, -0.15) is 0 Å². The summed E-state index contributed by atoms with van der Waals surface area (Å²) in [5, 5.41) is 3.15. The van der Waals surface area contributed by atoms with Crippen molar-refractivity contribution in [1.82, 2.24) is 9.97 Å². The second-order valence-corrected chi connectivity index (χ2v) is 3.79. The SMILES string of the molecule is CC(=O)Oc1ccc(Nc2ccc(C)nc2)cn1. The zero-order valence-electron chi connectivity index (χ0n) is 10.2. The second kappa shape index (κ2) is 5.27. The number of anilines is 2. The first kappa shape index (κ1) is 12.0. The Balaban J connectivity index is 2.06. The Kier molecular flexibility index (Phi) is 3.52. The molecule has 0 bridgehead atoms. The molecule has 0 aromatic carbocycles. The van der Waals surface area contributed by atoms with Gasteiger partial charge in [0.25, 0.3) is 0 Å². The molecule has 0 unspecified atom stereocenters. The number of hydrogen-bond acceptors (Lipinski definition) is 5. The van der Waals surface area contributed by atoms with Gasteiger partial charge in [0.1, 0.15) is 0 Å². The Hall–Kier alpha value is -2.43. The van der Waals surface area contributed by atoms with Crippen LogP contribution in [0.5, 0.6) is 5.88 Å². The number of pyridine rings is 2. The first-order chi connectivity index (χ1) is 8.63. The van der Waals surface area contributed by atoms with Crippen LogP contribution in [0.25, 0.3) is 0 Å². The summed E-state index contributed by atoms with van der Waals surface area (Å²) in [5.41, 5.74) is 2.64. The lowest BCUT2D eigenvalue weighted by Crippen LogP contribution is -2.03. The molecule has 2 aromatic heterocycles. The minimum Gasteiger partial charge on any atom is -0.408 e. The summed E-state index contributed by atoms with van der Waals surface area (Å²) in [6.45, 7) is 3.27. The molecule has 0 saturated carbocycles. The van der Waals surface area contributed by atoms with Crippen LogP contribution in [0.1, 0.15) is 12.6 Å². The largest absolute Gasteiger partial charge is 0.408 e. The van der Waals surface area contributed by atoms with Crippen LogP contribution in [0, 0.1) is 6.92 Å². The molecule has 2 aromatic rings. The molecule has 0 fully saturated rings. The summed E-state index contributed by atoms with van der Waals surface area (Å²) in [7, 11) is 0. The molecule has 0 aliphatic rings. The smallest absolute Gasteiger partial charge is 0.309 e. The van der Waals surface area contributed by atoms with Gasteiger partial charge in [0.15, 0.2) is 0 Å². The van der Waals surface area contributed by atoms with Crippen LogP contribution in [0.15, 0.2) is 36.7 Å². The van der Waals surface area contributed by atoms with E-state index in [2.05, 4.69) is 15.3 Å². The number of carbonyl (C=O) groups is 1. The molecule has 18 heavy (non-hydrogen) atoms. The molecule has 0 aliphatic carbocycles. The third-order valence-corrected chi connectivity index (χ3v) is 2.18. The summed E-state index contributed by atoms with van der Waals surface area (Å²) in [4.78, 5) is 18.9. The van der Waals surface area contributed by atoms with Crippen molar-refractivity contribution in [3.05, 3.63) is 42.4 Å². The molecule has 2 rings (SSSR count). The average Bonchev–Trinajstić information content (AvgIpc) is 2.34. The van der Waals surface area contributed by atoms with Crippen LogP contribution in [0.4, 0.5) is 11.4 Å². The maximum absolute atomic E-state index is 10.7. The Morgan fingerprint density at radius 1 is 1.11 bits per heavy atom. The first-order valence-corrected chi connectivity index (χ1v) is 5.47. The van der Waals surface area contributed by atoms with Gasteiger partial charge in [0.2, 0.25) is 5.88 Å². The van der Waals surface area contributed by atoms with Crippen molar-refractivity contribution >= 4 is 17.3 Å². The highest BCUT2D eigenvalue weighted by molar-refractivity contribution is 5.69. The topological polar surface area (TPSA) is 64.1 Å². The zero-order chi connectivity index (χ0) is 13.0. The fourth-order valence-corrected chi connectivity index (χ4v) is 1.37. The summed E-state index contributed by atoms with van der Waals surface area (Å²) in [6.07, 6.45) is 3.34. The van der Waals surface area contributed by atoms with Gasteiger partial charge < -0.3 is 10.1 Å². The van der Waals surface area contributed by atoms with Crippen molar-refractivity contribution in [2.45, 2.75) is 13.8 Å². The summed E-state index contributed by atoms with van der Waals surface area (Å²) in [5.74, 6) is -0.0963. The van der Waals surface area contributed by atoms with Gasteiger partial charge in [-0.1, -0.05) is 0 Å². The van der Waals surface area contributed by atoms with Crippen molar-refractivity contribution in [3.8, 4) is 5.88 Å². The third kappa shape index (κ3) is 3.28. The van der Waals surface area contributed by atoms with E-state index in [0.717, 1.165) is 17.1 Å². The van der Waals surface area contributed by atoms with Gasteiger partial charge in [0, 0.05) is 18.7 Å². The molecule has 92 valence electrons. The van der Waals surface area contributed by atoms with Gasteiger partial charge in [-0.3, -0.25) is 9.78 Å². The zero-order valence-corrected chi connectivity index (χ0v) is 10.2. The molecule has 5 heteroatoms. The van der Waals surface area contributed by atoms with Crippen LogP contribution in [-0.4, -0.2) is 15.9 Å². The number of rotatable bonds is 3. The monoisotopic (exact) mass is 243 g/mol. The Bertz CT molecular complexity index is 535. The van der Waals surface area contributed by atoms with E-state index in [4.69, 9.17) is 4.74 Å². The summed E-state index contributed by atoms with van der Waals surface area (Å²) < 4.78 is 4.84. The van der Waals surface area contributed by atoms with Gasteiger partial charge >= 0.3 is 5.97 Å². The van der Waals surface area contributed by atoms with Gasteiger partial charge in [-0.05, 0) is 25.1 Å². The number of ether oxygens (including phenoxy) is 1. The van der Waals surface area contributed by atoms with Gasteiger partial charge in [-0.25, -0.2) is 4.98 Å². The summed E-state index contributed by atoms with van der Waals surface area (Å²) >= 11 is 0. The Morgan fingerprint density at radius 2 is 1.78 bits per heavy atom. The Morgan fingerprint density at radius 3 is 2.28 bits per heavy atom. The lowest BCUT2D eigenvalue weighted by atomic mass is 10.3. The standard InChI is InChI=1S/C13H13N3O2/c1-9-3-4-11(7-14-9)16-12-5-6-13(15-8-12)18-10(2)17/h3-8,16H,1-2H3. The Labute approximate surface area is 105 Å². The van der Waals surface area contributed by atoms with Crippen LogP contribution in [0.2, 0.25) is 0 Å². The fraction of sp³-hybridized carbons (Fsp3) is 0.154. The number of nitrogens with one attached hydrogen (secondary N) is 1. The van der Waals surface area contributed by atoms with Crippen LogP contribution in [0.3, 0.4) is 0 Å². The van der Waals surface area contributed by atoms with Crippen LogP contribution >= 0.6 is 0 Å². The minimum atomic E-state index is -0.383. The lowest BCUT2D eigenvalue weighted by Gasteiger charge is -2.06. The maximum Gasteiger partial charge on any atom is 0.309 e. The average molecular weight is 243 g/mol. The second-order valence-electron chi connectivity index (χ2n) is 3.79. The van der Waals surface area contributed by atoms with E-state index < -0.39 is 0 Å². The quantitative estimate of drug-likeness (QED) is 0.839. The van der Waals surface area contributed by atoms with Crippen molar-refractivity contribution in [2.24, 2.45) is 0 Å². The molecule has 0 aliphatic heterocycles. The predicted octanol–water partition coefficient (Wildman–Crippen LogP) is 2.45. The molecule has 0 spiro atoms. The van der Waals surface area contributed by atoms with E-state index in [-0.39, 0.29) is 11.8 Å². The van der Waals surface area contributed by atoms with E-state index in [0.29, 0.717) is 0 Å². The molecule has 0 radical (unpaired) electrons.